The molecule has 0 atom stereocenters. The Morgan fingerprint density at radius 1 is 1.62 bits per heavy atom. The molecule has 2 nitrogen and oxygen atoms in total. The van der Waals surface area contributed by atoms with Gasteiger partial charge in [-0.25, -0.2) is 0 Å². The van der Waals surface area contributed by atoms with Gasteiger partial charge in [-0.3, -0.25) is 0 Å². The normalized spacial score (nSPS) is 7.12. The maximum atomic E-state index is 9.44. The third-order valence-corrected chi connectivity index (χ3v) is 0.727. The van der Waals surface area contributed by atoms with Gasteiger partial charge in [0.2, 0.25) is 0 Å². The van der Waals surface area contributed by atoms with E-state index in [1.165, 1.54) is 0 Å². The Morgan fingerprint density at radius 2 is 2.25 bits per heavy atom. The number of rotatable bonds is 4. The van der Waals surface area contributed by atoms with E-state index in [2.05, 4.69) is 12.2 Å². The van der Waals surface area contributed by atoms with E-state index in [4.69, 9.17) is 0 Å². The smallest absolute Gasteiger partial charge is 0.530 e. The van der Waals surface area contributed by atoms with Gasteiger partial charge in [-0.15, -0.1) is 0 Å². The largest absolute Gasteiger partial charge is 1.00 e. The average molecular weight is 107 g/mol. The quantitative estimate of drug-likeness (QED) is 0.182. The third kappa shape index (κ3) is 9.42. The monoisotopic (exact) mass is 107 g/mol. The summed E-state index contributed by atoms with van der Waals surface area (Å²) in [6.45, 7) is 2.84. The molecule has 0 heterocycles. The van der Waals surface area contributed by atoms with Gasteiger partial charge in [0, 0.05) is 0 Å². The molecular formula is C5H10LiNO. The van der Waals surface area contributed by atoms with Crippen LogP contribution >= 0.6 is 0 Å². The molecule has 3 heteroatoms. The van der Waals surface area contributed by atoms with Gasteiger partial charge >= 0.3 is 18.9 Å². The Labute approximate surface area is 62.2 Å². The summed E-state index contributed by atoms with van der Waals surface area (Å²) >= 11 is 0. The van der Waals surface area contributed by atoms with E-state index < -0.39 is 0 Å². The van der Waals surface area contributed by atoms with E-state index in [1.807, 2.05) is 0 Å². The van der Waals surface area contributed by atoms with Crippen LogP contribution in [0.15, 0.2) is 0 Å². The molecule has 0 fully saturated rings. The summed E-state index contributed by atoms with van der Waals surface area (Å²) in [5.41, 5.74) is 0. The van der Waals surface area contributed by atoms with Gasteiger partial charge in [0.05, 0.1) is 0 Å². The molecule has 1 N–H and O–H groups in total. The summed E-state index contributed by atoms with van der Waals surface area (Å²) in [5, 5.41) is 2.44. The summed E-state index contributed by atoms with van der Waals surface area (Å²) in [7, 11) is 0. The zero-order chi connectivity index (χ0) is 5.54. The number of amides is 1. The molecule has 0 unspecified atom stereocenters. The van der Waals surface area contributed by atoms with E-state index in [0.29, 0.717) is 0 Å². The SMILES string of the molecule is CCCCN[C-]=O.[Li+]. The maximum Gasteiger partial charge on any atom is 1.00 e. The first-order chi connectivity index (χ1) is 3.41. The summed E-state index contributed by atoms with van der Waals surface area (Å²) < 4.78 is 0. The first-order valence-electron chi connectivity index (χ1n) is 2.51. The van der Waals surface area contributed by atoms with Crippen molar-refractivity contribution in [2.45, 2.75) is 19.8 Å². The zero-order valence-corrected chi connectivity index (χ0v) is 5.53. The molecule has 0 aromatic heterocycles. The second kappa shape index (κ2) is 10.1. The number of hydrogen-bond donors (Lipinski definition) is 1. The van der Waals surface area contributed by atoms with Crippen molar-refractivity contribution in [3.63, 3.8) is 0 Å². The molecule has 0 rings (SSSR count). The Hall–Kier alpha value is 0.0674. The van der Waals surface area contributed by atoms with Gasteiger partial charge in [-0.1, -0.05) is 13.3 Å². The van der Waals surface area contributed by atoms with Crippen molar-refractivity contribution in [3.8, 4) is 0 Å². The van der Waals surface area contributed by atoms with E-state index in [1.54, 1.807) is 6.41 Å². The first-order valence-corrected chi connectivity index (χ1v) is 2.51. The number of unbranched alkanes of at least 4 members (excludes halogenated alkanes) is 1. The fourth-order valence-electron chi connectivity index (χ4n) is 0.316. The van der Waals surface area contributed by atoms with Crippen molar-refractivity contribution < 1.29 is 23.7 Å². The molecule has 0 aliphatic rings. The van der Waals surface area contributed by atoms with Gasteiger partial charge in [-0.05, 0) is 13.0 Å². The molecule has 0 spiro atoms. The van der Waals surface area contributed by atoms with Crippen LogP contribution in [-0.2, 0) is 4.79 Å². The summed E-state index contributed by atoms with van der Waals surface area (Å²) in [5.74, 6) is 0. The first kappa shape index (κ1) is 10.9. The van der Waals surface area contributed by atoms with Gasteiger partial charge < -0.3 is 10.1 Å². The molecule has 0 radical (unpaired) electrons. The van der Waals surface area contributed by atoms with E-state index in [-0.39, 0.29) is 18.9 Å². The zero-order valence-electron chi connectivity index (χ0n) is 5.53. The average Bonchev–Trinajstić information content (AvgIpc) is 1.69. The van der Waals surface area contributed by atoms with Crippen molar-refractivity contribution in [1.29, 1.82) is 0 Å². The van der Waals surface area contributed by atoms with Crippen LogP contribution in [0.1, 0.15) is 19.8 Å². The second-order valence-corrected chi connectivity index (χ2v) is 1.38. The van der Waals surface area contributed by atoms with E-state index >= 15 is 0 Å². The maximum absolute atomic E-state index is 9.44. The number of nitrogens with one attached hydrogen (secondary N) is 1. The molecule has 0 bridgehead atoms. The Kier molecular flexibility index (Phi) is 13.9. The van der Waals surface area contributed by atoms with Crippen LogP contribution in [0, 0.1) is 0 Å². The standard InChI is InChI=1S/C5H10NO.Li/c1-2-3-4-6-5-7;/h2-4H2,1H3,(H,6,7);/q-1;+1. The summed E-state index contributed by atoms with van der Waals surface area (Å²) in [6.07, 6.45) is 3.77. The Bertz CT molecular complexity index is 49.7. The predicted octanol–water partition coefficient (Wildman–Crippen LogP) is -2.55. The minimum atomic E-state index is 0. The van der Waals surface area contributed by atoms with Gasteiger partial charge in [0.25, 0.3) is 0 Å². The topological polar surface area (TPSA) is 29.1 Å². The van der Waals surface area contributed by atoms with Crippen LogP contribution in [0.4, 0.5) is 0 Å². The van der Waals surface area contributed by atoms with Crippen LogP contribution in [0.25, 0.3) is 0 Å². The minimum Gasteiger partial charge on any atom is -0.530 e. The second-order valence-electron chi connectivity index (χ2n) is 1.38. The molecule has 0 aromatic rings. The van der Waals surface area contributed by atoms with Crippen molar-refractivity contribution in [1.82, 2.24) is 5.32 Å². The van der Waals surface area contributed by atoms with Gasteiger partial charge in [-0.2, -0.15) is 6.41 Å². The molecular weight excluding hydrogens is 97.0 g/mol. The van der Waals surface area contributed by atoms with Crippen molar-refractivity contribution in [2.75, 3.05) is 6.54 Å². The van der Waals surface area contributed by atoms with Crippen LogP contribution in [-0.4, -0.2) is 13.0 Å². The van der Waals surface area contributed by atoms with Crippen LogP contribution in [0.5, 0.6) is 0 Å². The molecule has 42 valence electrons. The minimum absolute atomic E-state index is 0. The Balaban J connectivity index is 0. The molecule has 0 saturated carbocycles. The molecule has 1 amide bonds. The van der Waals surface area contributed by atoms with Crippen LogP contribution < -0.4 is 24.2 Å². The third-order valence-electron chi connectivity index (χ3n) is 0.727. The summed E-state index contributed by atoms with van der Waals surface area (Å²) in [4.78, 5) is 9.44. The van der Waals surface area contributed by atoms with Crippen molar-refractivity contribution in [3.05, 3.63) is 0 Å². The van der Waals surface area contributed by atoms with Crippen molar-refractivity contribution in [2.24, 2.45) is 0 Å². The Morgan fingerprint density at radius 3 is 2.62 bits per heavy atom. The number of carbonyl (C=O) groups excluding carboxylic acids is 1. The van der Waals surface area contributed by atoms with Gasteiger partial charge in [0.1, 0.15) is 0 Å². The van der Waals surface area contributed by atoms with E-state index in [9.17, 15) is 4.79 Å². The number of hydrogen-bond acceptors (Lipinski definition) is 1. The predicted molar refractivity (Wildman–Crippen MR) is 28.6 cm³/mol. The van der Waals surface area contributed by atoms with Gasteiger partial charge in [0.15, 0.2) is 0 Å². The molecule has 0 aromatic carbocycles. The van der Waals surface area contributed by atoms with E-state index in [0.717, 1.165) is 19.4 Å². The summed E-state index contributed by atoms with van der Waals surface area (Å²) in [6, 6.07) is 0. The van der Waals surface area contributed by atoms with Crippen LogP contribution in [0.3, 0.4) is 0 Å². The molecule has 8 heavy (non-hydrogen) atoms. The molecule has 0 aliphatic carbocycles. The fourth-order valence-corrected chi connectivity index (χ4v) is 0.316. The fraction of sp³-hybridized carbons (Fsp3) is 0.800. The van der Waals surface area contributed by atoms with Crippen LogP contribution in [0.2, 0.25) is 0 Å². The van der Waals surface area contributed by atoms with Crippen molar-refractivity contribution >= 4 is 6.41 Å². The molecule has 0 saturated heterocycles. The molecule has 0 aliphatic heterocycles.